The van der Waals surface area contributed by atoms with Crippen molar-refractivity contribution >= 4 is 17.5 Å². The van der Waals surface area contributed by atoms with Gasteiger partial charge in [0.05, 0.1) is 23.0 Å². The van der Waals surface area contributed by atoms with Crippen LogP contribution in [-0.4, -0.2) is 39.0 Å². The van der Waals surface area contributed by atoms with Gasteiger partial charge in [0.25, 0.3) is 0 Å². The number of nitrogens with zero attached hydrogens (tertiary/aromatic N) is 5. The molecule has 3 aromatic rings. The maximum absolute atomic E-state index is 13.0. The standard InChI is InChI=1S/C21H24N6O/c1-15-10-11-19(24-23-15)26-12-6-7-17(14-26)21(28)22-20-13-16(2)25-27(20)18-8-4-3-5-9-18/h3-5,8-11,13,17H,6-7,12,14H2,1-2H3,(H,22,28). The molecule has 1 unspecified atom stereocenters. The summed E-state index contributed by atoms with van der Waals surface area (Å²) in [4.78, 5) is 15.1. The lowest BCUT2D eigenvalue weighted by Gasteiger charge is -2.32. The zero-order valence-corrected chi connectivity index (χ0v) is 16.2. The lowest BCUT2D eigenvalue weighted by Crippen LogP contribution is -2.41. The maximum atomic E-state index is 13.0. The number of hydrogen-bond donors (Lipinski definition) is 1. The molecule has 2 aromatic heterocycles. The average molecular weight is 376 g/mol. The number of piperidine rings is 1. The average Bonchev–Trinajstić information content (AvgIpc) is 3.09. The van der Waals surface area contributed by atoms with E-state index >= 15 is 0 Å². The van der Waals surface area contributed by atoms with E-state index in [0.29, 0.717) is 12.4 Å². The fourth-order valence-corrected chi connectivity index (χ4v) is 3.54. The van der Waals surface area contributed by atoms with Gasteiger partial charge in [-0.3, -0.25) is 4.79 Å². The van der Waals surface area contributed by atoms with E-state index in [2.05, 4.69) is 25.5 Å². The van der Waals surface area contributed by atoms with Gasteiger partial charge in [-0.25, -0.2) is 4.68 Å². The van der Waals surface area contributed by atoms with Crippen LogP contribution in [0.25, 0.3) is 5.69 Å². The van der Waals surface area contributed by atoms with Crippen molar-refractivity contribution in [2.24, 2.45) is 5.92 Å². The van der Waals surface area contributed by atoms with Crippen LogP contribution in [0, 0.1) is 19.8 Å². The third-order valence-electron chi connectivity index (χ3n) is 4.98. The Morgan fingerprint density at radius 3 is 2.64 bits per heavy atom. The molecule has 7 heteroatoms. The zero-order chi connectivity index (χ0) is 19.5. The van der Waals surface area contributed by atoms with Crippen molar-refractivity contribution < 1.29 is 4.79 Å². The molecule has 1 atom stereocenters. The van der Waals surface area contributed by atoms with Crippen LogP contribution in [0.1, 0.15) is 24.2 Å². The molecule has 0 radical (unpaired) electrons. The van der Waals surface area contributed by atoms with E-state index in [1.165, 1.54) is 0 Å². The van der Waals surface area contributed by atoms with Gasteiger partial charge in [0.2, 0.25) is 5.91 Å². The molecular weight excluding hydrogens is 352 g/mol. The summed E-state index contributed by atoms with van der Waals surface area (Å²) in [6, 6.07) is 15.6. The molecule has 28 heavy (non-hydrogen) atoms. The molecular formula is C21H24N6O. The number of carbonyl (C=O) groups is 1. The van der Waals surface area contributed by atoms with E-state index < -0.39 is 0 Å². The smallest absolute Gasteiger partial charge is 0.230 e. The molecule has 0 saturated carbocycles. The lowest BCUT2D eigenvalue weighted by molar-refractivity contribution is -0.120. The Balaban J connectivity index is 1.49. The maximum Gasteiger partial charge on any atom is 0.230 e. The van der Waals surface area contributed by atoms with Gasteiger partial charge in [0.1, 0.15) is 5.82 Å². The normalized spacial score (nSPS) is 16.8. The fraction of sp³-hybridized carbons (Fsp3) is 0.333. The Labute approximate surface area is 164 Å². The van der Waals surface area contributed by atoms with Gasteiger partial charge < -0.3 is 10.2 Å². The molecule has 7 nitrogen and oxygen atoms in total. The topological polar surface area (TPSA) is 75.9 Å². The SMILES string of the molecule is Cc1ccc(N2CCCC(C(=O)Nc3cc(C)nn3-c3ccccc3)C2)nn1. The Hall–Kier alpha value is -3.22. The Morgan fingerprint density at radius 2 is 1.89 bits per heavy atom. The van der Waals surface area contributed by atoms with Crippen LogP contribution in [0.15, 0.2) is 48.5 Å². The number of carbonyl (C=O) groups excluding carboxylic acids is 1. The van der Waals surface area contributed by atoms with Crippen LogP contribution in [0.3, 0.4) is 0 Å². The molecule has 1 aliphatic heterocycles. The van der Waals surface area contributed by atoms with Crippen LogP contribution in [0.5, 0.6) is 0 Å². The van der Waals surface area contributed by atoms with Gasteiger partial charge in [-0.15, -0.1) is 5.10 Å². The van der Waals surface area contributed by atoms with Gasteiger partial charge in [-0.2, -0.15) is 10.2 Å². The molecule has 1 N–H and O–H groups in total. The van der Waals surface area contributed by atoms with Gasteiger partial charge in [0.15, 0.2) is 5.82 Å². The van der Waals surface area contributed by atoms with Crippen molar-refractivity contribution in [2.75, 3.05) is 23.3 Å². The fourth-order valence-electron chi connectivity index (χ4n) is 3.54. The highest BCUT2D eigenvalue weighted by Gasteiger charge is 2.27. The van der Waals surface area contributed by atoms with Gasteiger partial charge in [-0.05, 0) is 51.0 Å². The number of para-hydroxylation sites is 1. The summed E-state index contributed by atoms with van der Waals surface area (Å²) in [7, 11) is 0. The van der Waals surface area contributed by atoms with Gasteiger partial charge >= 0.3 is 0 Å². The first kappa shape index (κ1) is 18.2. The van der Waals surface area contributed by atoms with E-state index in [1.54, 1.807) is 4.68 Å². The lowest BCUT2D eigenvalue weighted by atomic mass is 9.97. The number of amides is 1. The predicted molar refractivity (Wildman–Crippen MR) is 109 cm³/mol. The Morgan fingerprint density at radius 1 is 1.07 bits per heavy atom. The minimum Gasteiger partial charge on any atom is -0.354 e. The van der Waals surface area contributed by atoms with Crippen molar-refractivity contribution in [3.63, 3.8) is 0 Å². The van der Waals surface area contributed by atoms with Crippen LogP contribution in [-0.2, 0) is 4.79 Å². The van der Waals surface area contributed by atoms with Gasteiger partial charge in [-0.1, -0.05) is 18.2 Å². The molecule has 1 fully saturated rings. The quantitative estimate of drug-likeness (QED) is 0.757. The highest BCUT2D eigenvalue weighted by Crippen LogP contribution is 2.24. The van der Waals surface area contributed by atoms with Crippen LogP contribution in [0.4, 0.5) is 11.6 Å². The molecule has 1 aliphatic rings. The van der Waals surface area contributed by atoms with Crippen molar-refractivity contribution in [2.45, 2.75) is 26.7 Å². The Bertz CT molecular complexity index is 951. The first-order chi connectivity index (χ1) is 13.6. The summed E-state index contributed by atoms with van der Waals surface area (Å²) in [5, 5.41) is 16.0. The van der Waals surface area contributed by atoms with Crippen molar-refractivity contribution in [3.8, 4) is 5.69 Å². The van der Waals surface area contributed by atoms with Gasteiger partial charge in [0, 0.05) is 19.2 Å². The highest BCUT2D eigenvalue weighted by atomic mass is 16.2. The summed E-state index contributed by atoms with van der Waals surface area (Å²) in [6.07, 6.45) is 1.81. The second-order valence-corrected chi connectivity index (χ2v) is 7.23. The largest absolute Gasteiger partial charge is 0.354 e. The summed E-state index contributed by atoms with van der Waals surface area (Å²) < 4.78 is 1.78. The molecule has 0 spiro atoms. The van der Waals surface area contributed by atoms with Crippen LogP contribution in [0.2, 0.25) is 0 Å². The van der Waals surface area contributed by atoms with Crippen molar-refractivity contribution in [1.29, 1.82) is 0 Å². The number of nitrogens with one attached hydrogen (secondary N) is 1. The number of benzene rings is 1. The molecule has 0 aliphatic carbocycles. The van der Waals surface area contributed by atoms with E-state index in [4.69, 9.17) is 0 Å². The van der Waals surface area contributed by atoms with E-state index in [-0.39, 0.29) is 11.8 Å². The third kappa shape index (κ3) is 3.88. The third-order valence-corrected chi connectivity index (χ3v) is 4.98. The summed E-state index contributed by atoms with van der Waals surface area (Å²) in [5.74, 6) is 1.44. The molecule has 1 aromatic carbocycles. The molecule has 0 bridgehead atoms. The minimum absolute atomic E-state index is 0.0156. The molecule has 3 heterocycles. The Kier molecular flexibility index (Phi) is 5.06. The molecule has 144 valence electrons. The summed E-state index contributed by atoms with van der Waals surface area (Å²) in [6.45, 7) is 5.37. The van der Waals surface area contributed by atoms with Crippen LogP contribution >= 0.6 is 0 Å². The molecule has 4 rings (SSSR count). The first-order valence-corrected chi connectivity index (χ1v) is 9.58. The molecule has 1 saturated heterocycles. The minimum atomic E-state index is -0.101. The summed E-state index contributed by atoms with van der Waals surface area (Å²) >= 11 is 0. The molecule has 1 amide bonds. The number of rotatable bonds is 4. The number of aromatic nitrogens is 4. The number of anilines is 2. The highest BCUT2D eigenvalue weighted by molar-refractivity contribution is 5.92. The van der Waals surface area contributed by atoms with Crippen molar-refractivity contribution in [1.82, 2.24) is 20.0 Å². The van der Waals surface area contributed by atoms with E-state index in [0.717, 1.165) is 42.3 Å². The number of aryl methyl sites for hydroxylation is 2. The second kappa shape index (κ2) is 7.80. The van der Waals surface area contributed by atoms with E-state index in [1.807, 2.05) is 62.4 Å². The number of hydrogen-bond acceptors (Lipinski definition) is 5. The summed E-state index contributed by atoms with van der Waals surface area (Å²) in [5.41, 5.74) is 2.67. The van der Waals surface area contributed by atoms with Crippen LogP contribution < -0.4 is 10.2 Å². The first-order valence-electron chi connectivity index (χ1n) is 9.58. The van der Waals surface area contributed by atoms with E-state index in [9.17, 15) is 4.79 Å². The second-order valence-electron chi connectivity index (χ2n) is 7.23. The zero-order valence-electron chi connectivity index (χ0n) is 16.2. The monoisotopic (exact) mass is 376 g/mol. The van der Waals surface area contributed by atoms with Crippen molar-refractivity contribution in [3.05, 3.63) is 59.9 Å². The predicted octanol–water partition coefficient (Wildman–Crippen LogP) is 3.13.